The molecule has 0 radical (unpaired) electrons. The first-order valence-electron chi connectivity index (χ1n) is 6.21. The van der Waals surface area contributed by atoms with Gasteiger partial charge in [0, 0.05) is 24.6 Å². The van der Waals surface area contributed by atoms with E-state index in [-0.39, 0.29) is 5.91 Å². The van der Waals surface area contributed by atoms with E-state index in [1.165, 1.54) is 0 Å². The van der Waals surface area contributed by atoms with Crippen LogP contribution in [0.3, 0.4) is 0 Å². The van der Waals surface area contributed by atoms with Crippen molar-refractivity contribution in [1.82, 2.24) is 10.3 Å². The number of nitrogens with one attached hydrogen (secondary N) is 1. The number of amides is 1. The standard InChI is InChI=1S/C14H15N3O2/c1-10-9-19-13(14(18)16-10)11-4-6-17(8-11)12-3-2-5-15-7-12/h2-3,5,7-8,13H,1,4,6,9H2,(H,16,18). The number of hydrogen-bond acceptors (Lipinski definition) is 4. The quantitative estimate of drug-likeness (QED) is 0.865. The number of carbonyl (C=O) groups is 1. The van der Waals surface area contributed by atoms with Gasteiger partial charge in [-0.1, -0.05) is 6.58 Å². The van der Waals surface area contributed by atoms with Gasteiger partial charge in [0.25, 0.3) is 5.91 Å². The zero-order chi connectivity index (χ0) is 13.2. The lowest BCUT2D eigenvalue weighted by molar-refractivity contribution is -0.132. The Morgan fingerprint density at radius 3 is 3.16 bits per heavy atom. The largest absolute Gasteiger partial charge is 0.358 e. The molecule has 0 saturated carbocycles. The van der Waals surface area contributed by atoms with E-state index in [0.29, 0.717) is 12.3 Å². The number of carbonyl (C=O) groups excluding carboxylic acids is 1. The zero-order valence-corrected chi connectivity index (χ0v) is 10.5. The molecule has 98 valence electrons. The Morgan fingerprint density at radius 1 is 1.53 bits per heavy atom. The van der Waals surface area contributed by atoms with Crippen LogP contribution in [-0.2, 0) is 9.53 Å². The summed E-state index contributed by atoms with van der Waals surface area (Å²) in [5.74, 6) is -0.129. The van der Waals surface area contributed by atoms with Crippen molar-refractivity contribution in [3.63, 3.8) is 0 Å². The molecule has 19 heavy (non-hydrogen) atoms. The predicted molar refractivity (Wildman–Crippen MR) is 71.3 cm³/mol. The van der Waals surface area contributed by atoms with E-state index in [4.69, 9.17) is 4.74 Å². The highest BCUT2D eigenvalue weighted by molar-refractivity contribution is 5.86. The summed E-state index contributed by atoms with van der Waals surface area (Å²) in [7, 11) is 0. The van der Waals surface area contributed by atoms with E-state index < -0.39 is 6.10 Å². The second kappa shape index (κ2) is 4.85. The van der Waals surface area contributed by atoms with Gasteiger partial charge in [-0.15, -0.1) is 0 Å². The van der Waals surface area contributed by atoms with Crippen LogP contribution in [0.1, 0.15) is 6.42 Å². The smallest absolute Gasteiger partial charge is 0.257 e. The predicted octanol–water partition coefficient (Wildman–Crippen LogP) is 1.20. The molecule has 3 rings (SSSR count). The number of ether oxygens (including phenoxy) is 1. The van der Waals surface area contributed by atoms with Gasteiger partial charge in [-0.3, -0.25) is 9.78 Å². The second-order valence-electron chi connectivity index (χ2n) is 4.64. The third kappa shape index (κ3) is 2.37. The van der Waals surface area contributed by atoms with Crippen molar-refractivity contribution in [2.45, 2.75) is 12.5 Å². The SMILES string of the molecule is C=C1COC(C2=CN(c3cccnc3)CC2)C(=O)N1. The molecule has 5 nitrogen and oxygen atoms in total. The van der Waals surface area contributed by atoms with Crippen molar-refractivity contribution in [3.05, 3.63) is 48.6 Å². The Labute approximate surface area is 111 Å². The van der Waals surface area contributed by atoms with Crippen molar-refractivity contribution in [2.24, 2.45) is 0 Å². The maximum absolute atomic E-state index is 11.9. The third-order valence-electron chi connectivity index (χ3n) is 3.24. The van der Waals surface area contributed by atoms with Crippen molar-refractivity contribution < 1.29 is 9.53 Å². The van der Waals surface area contributed by atoms with Gasteiger partial charge in [-0.2, -0.15) is 0 Å². The first kappa shape index (κ1) is 11.9. The summed E-state index contributed by atoms with van der Waals surface area (Å²) in [6.07, 6.45) is 5.86. The van der Waals surface area contributed by atoms with Crippen molar-refractivity contribution >= 4 is 11.6 Å². The average Bonchev–Trinajstić information content (AvgIpc) is 2.89. The summed E-state index contributed by atoms with van der Waals surface area (Å²) >= 11 is 0. The van der Waals surface area contributed by atoms with Gasteiger partial charge < -0.3 is 15.0 Å². The van der Waals surface area contributed by atoms with E-state index in [1.807, 2.05) is 24.5 Å². The summed E-state index contributed by atoms with van der Waals surface area (Å²) < 4.78 is 5.55. The Balaban J connectivity index is 1.76. The molecule has 1 fully saturated rings. The van der Waals surface area contributed by atoms with Gasteiger partial charge in [-0.25, -0.2) is 0 Å². The topological polar surface area (TPSA) is 54.5 Å². The number of anilines is 1. The summed E-state index contributed by atoms with van der Waals surface area (Å²) in [4.78, 5) is 18.1. The van der Waals surface area contributed by atoms with E-state index >= 15 is 0 Å². The van der Waals surface area contributed by atoms with Gasteiger partial charge in [0.15, 0.2) is 6.10 Å². The van der Waals surface area contributed by atoms with Crippen LogP contribution in [0.5, 0.6) is 0 Å². The van der Waals surface area contributed by atoms with Crippen LogP contribution < -0.4 is 10.2 Å². The number of aromatic nitrogens is 1. The number of nitrogens with zero attached hydrogens (tertiary/aromatic N) is 2. The lowest BCUT2D eigenvalue weighted by Gasteiger charge is -2.24. The highest BCUT2D eigenvalue weighted by Crippen LogP contribution is 2.26. The van der Waals surface area contributed by atoms with Crippen molar-refractivity contribution in [1.29, 1.82) is 0 Å². The first-order chi connectivity index (χ1) is 9.24. The summed E-state index contributed by atoms with van der Waals surface area (Å²) in [6.45, 7) is 4.91. The molecule has 1 unspecified atom stereocenters. The average molecular weight is 257 g/mol. The molecule has 1 aromatic heterocycles. The molecule has 1 saturated heterocycles. The molecule has 1 amide bonds. The summed E-state index contributed by atoms with van der Waals surface area (Å²) in [5.41, 5.74) is 2.64. The van der Waals surface area contributed by atoms with Crippen LogP contribution in [0.25, 0.3) is 0 Å². The number of hydrogen-bond donors (Lipinski definition) is 1. The van der Waals surface area contributed by atoms with E-state index in [2.05, 4.69) is 21.8 Å². The third-order valence-corrected chi connectivity index (χ3v) is 3.24. The lowest BCUT2D eigenvalue weighted by atomic mass is 10.1. The minimum atomic E-state index is -0.493. The molecule has 1 N–H and O–H groups in total. The van der Waals surface area contributed by atoms with E-state index in [0.717, 1.165) is 24.2 Å². The fourth-order valence-corrected chi connectivity index (χ4v) is 2.32. The van der Waals surface area contributed by atoms with Gasteiger partial charge in [0.2, 0.25) is 0 Å². The van der Waals surface area contributed by atoms with Crippen LogP contribution in [-0.4, -0.2) is 30.1 Å². The second-order valence-corrected chi connectivity index (χ2v) is 4.64. The maximum Gasteiger partial charge on any atom is 0.257 e. The van der Waals surface area contributed by atoms with Crippen molar-refractivity contribution in [2.75, 3.05) is 18.1 Å². The number of morpholine rings is 1. The molecule has 5 heteroatoms. The number of pyridine rings is 1. The van der Waals surface area contributed by atoms with Crippen LogP contribution in [0, 0.1) is 0 Å². The highest BCUT2D eigenvalue weighted by atomic mass is 16.5. The molecule has 0 aliphatic carbocycles. The zero-order valence-electron chi connectivity index (χ0n) is 10.5. The van der Waals surface area contributed by atoms with Gasteiger partial charge in [0.05, 0.1) is 18.5 Å². The fraction of sp³-hybridized carbons (Fsp3) is 0.286. The van der Waals surface area contributed by atoms with E-state index in [9.17, 15) is 4.79 Å². The fourth-order valence-electron chi connectivity index (χ4n) is 2.32. The van der Waals surface area contributed by atoms with Gasteiger partial charge >= 0.3 is 0 Å². The van der Waals surface area contributed by atoms with Crippen LogP contribution in [0.4, 0.5) is 5.69 Å². The lowest BCUT2D eigenvalue weighted by Crippen LogP contribution is -2.43. The van der Waals surface area contributed by atoms with Gasteiger partial charge in [0.1, 0.15) is 0 Å². The molecule has 1 aromatic rings. The molecular formula is C14H15N3O2. The normalized spacial score (nSPS) is 23.3. The molecular weight excluding hydrogens is 242 g/mol. The molecule has 0 bridgehead atoms. The summed E-state index contributed by atoms with van der Waals surface area (Å²) in [6, 6.07) is 3.89. The molecule has 0 spiro atoms. The Kier molecular flexibility index (Phi) is 3.05. The number of rotatable bonds is 2. The molecule has 1 atom stereocenters. The minimum Gasteiger partial charge on any atom is -0.358 e. The molecule has 2 aliphatic rings. The minimum absolute atomic E-state index is 0.129. The first-order valence-corrected chi connectivity index (χ1v) is 6.21. The molecule has 2 aliphatic heterocycles. The van der Waals surface area contributed by atoms with Crippen LogP contribution in [0.15, 0.2) is 48.6 Å². The maximum atomic E-state index is 11.9. The molecule has 0 aromatic carbocycles. The summed E-state index contributed by atoms with van der Waals surface area (Å²) in [5, 5.41) is 2.73. The Morgan fingerprint density at radius 2 is 2.42 bits per heavy atom. The Hall–Kier alpha value is -2.14. The van der Waals surface area contributed by atoms with Crippen LogP contribution in [0.2, 0.25) is 0 Å². The highest BCUT2D eigenvalue weighted by Gasteiger charge is 2.31. The van der Waals surface area contributed by atoms with Crippen molar-refractivity contribution in [3.8, 4) is 0 Å². The van der Waals surface area contributed by atoms with Crippen LogP contribution >= 0.6 is 0 Å². The van der Waals surface area contributed by atoms with Gasteiger partial charge in [-0.05, 0) is 24.1 Å². The van der Waals surface area contributed by atoms with E-state index in [1.54, 1.807) is 6.20 Å². The monoisotopic (exact) mass is 257 g/mol. The molecule has 3 heterocycles. The Bertz CT molecular complexity index is 539.